The molecule has 32 heavy (non-hydrogen) atoms. The number of nitro groups is 1. The van der Waals surface area contributed by atoms with E-state index >= 15 is 0 Å². The molecule has 0 atom stereocenters. The van der Waals surface area contributed by atoms with Crippen molar-refractivity contribution >= 4 is 11.6 Å². The van der Waals surface area contributed by atoms with Gasteiger partial charge >= 0.3 is 0 Å². The highest BCUT2D eigenvalue weighted by Gasteiger charge is 2.23. The summed E-state index contributed by atoms with van der Waals surface area (Å²) in [6, 6.07) is 9.40. The van der Waals surface area contributed by atoms with Crippen molar-refractivity contribution in [1.29, 1.82) is 0 Å². The number of amides is 1. The van der Waals surface area contributed by atoms with Gasteiger partial charge < -0.3 is 4.90 Å². The van der Waals surface area contributed by atoms with E-state index in [9.17, 15) is 23.7 Å². The molecule has 0 aliphatic carbocycles. The summed E-state index contributed by atoms with van der Waals surface area (Å²) in [5.74, 6) is -1.51. The normalized spacial score (nSPS) is 14.5. The number of carbonyl (C=O) groups is 1. The molecule has 0 unspecified atom stereocenters. The van der Waals surface area contributed by atoms with Gasteiger partial charge in [0.25, 0.3) is 5.69 Å². The lowest BCUT2D eigenvalue weighted by atomic mass is 10.1. The molecule has 10 nitrogen and oxygen atoms in total. The molecule has 4 rings (SSSR count). The van der Waals surface area contributed by atoms with Crippen molar-refractivity contribution in [3.8, 4) is 5.69 Å². The second-order valence-corrected chi connectivity index (χ2v) is 7.36. The van der Waals surface area contributed by atoms with Crippen LogP contribution in [0.4, 0.5) is 14.5 Å². The molecule has 1 aliphatic heterocycles. The molecule has 2 heterocycles. The molecule has 12 heteroatoms. The van der Waals surface area contributed by atoms with Gasteiger partial charge in [0.1, 0.15) is 0 Å². The van der Waals surface area contributed by atoms with Gasteiger partial charge in [-0.2, -0.15) is 4.68 Å². The SMILES string of the molecule is O=C(Cc1ccc([N+](=O)[O-])cc1)N1CCN(Cc2nnnn2-c2ccc(F)c(F)c2)CC1. The predicted molar refractivity (Wildman–Crippen MR) is 108 cm³/mol. The van der Waals surface area contributed by atoms with Crippen LogP contribution in [0.25, 0.3) is 5.69 Å². The van der Waals surface area contributed by atoms with Crippen molar-refractivity contribution < 1.29 is 18.5 Å². The first kappa shape index (κ1) is 21.4. The first-order valence-electron chi connectivity index (χ1n) is 9.87. The lowest BCUT2D eigenvalue weighted by molar-refractivity contribution is -0.384. The highest BCUT2D eigenvalue weighted by molar-refractivity contribution is 5.79. The van der Waals surface area contributed by atoms with Gasteiger partial charge in [0.05, 0.1) is 23.6 Å². The van der Waals surface area contributed by atoms with E-state index in [2.05, 4.69) is 20.4 Å². The Morgan fingerprint density at radius 2 is 1.75 bits per heavy atom. The van der Waals surface area contributed by atoms with Gasteiger partial charge in [-0.05, 0) is 28.1 Å². The maximum Gasteiger partial charge on any atom is 0.269 e. The summed E-state index contributed by atoms with van der Waals surface area (Å²) in [5.41, 5.74) is 1.02. The van der Waals surface area contributed by atoms with Crippen LogP contribution in [0.15, 0.2) is 42.5 Å². The summed E-state index contributed by atoms with van der Waals surface area (Å²) >= 11 is 0. The number of hydrogen-bond donors (Lipinski definition) is 0. The van der Waals surface area contributed by atoms with Crippen molar-refractivity contribution in [2.75, 3.05) is 26.2 Å². The maximum absolute atomic E-state index is 13.6. The number of nitrogens with zero attached hydrogens (tertiary/aromatic N) is 7. The van der Waals surface area contributed by atoms with E-state index in [4.69, 9.17) is 0 Å². The smallest absolute Gasteiger partial charge is 0.269 e. The van der Waals surface area contributed by atoms with Crippen molar-refractivity contribution in [1.82, 2.24) is 30.0 Å². The monoisotopic (exact) mass is 443 g/mol. The molecular formula is C20H19F2N7O3. The molecule has 0 spiro atoms. The van der Waals surface area contributed by atoms with Crippen LogP contribution in [0.5, 0.6) is 0 Å². The summed E-state index contributed by atoms with van der Waals surface area (Å²) in [5, 5.41) is 22.2. The lowest BCUT2D eigenvalue weighted by Gasteiger charge is -2.34. The maximum atomic E-state index is 13.6. The van der Waals surface area contributed by atoms with Gasteiger partial charge in [0.15, 0.2) is 17.5 Å². The molecule has 0 saturated carbocycles. The summed E-state index contributed by atoms with van der Waals surface area (Å²) in [7, 11) is 0. The number of nitro benzene ring substituents is 1. The molecule has 1 amide bonds. The summed E-state index contributed by atoms with van der Waals surface area (Å²) in [6.45, 7) is 2.60. The second-order valence-electron chi connectivity index (χ2n) is 7.36. The van der Waals surface area contributed by atoms with E-state index in [0.29, 0.717) is 49.8 Å². The van der Waals surface area contributed by atoms with E-state index in [1.807, 2.05) is 0 Å². The van der Waals surface area contributed by atoms with E-state index in [0.717, 1.165) is 12.1 Å². The number of piperazine rings is 1. The topological polar surface area (TPSA) is 110 Å². The van der Waals surface area contributed by atoms with Crippen molar-refractivity contribution in [2.45, 2.75) is 13.0 Å². The van der Waals surface area contributed by atoms with Crippen molar-refractivity contribution in [3.63, 3.8) is 0 Å². The van der Waals surface area contributed by atoms with Crippen LogP contribution >= 0.6 is 0 Å². The summed E-state index contributed by atoms with van der Waals surface area (Å²) in [6.07, 6.45) is 0.173. The number of aromatic nitrogens is 4. The van der Waals surface area contributed by atoms with Crippen LogP contribution in [0.2, 0.25) is 0 Å². The molecular weight excluding hydrogens is 424 g/mol. The first-order chi connectivity index (χ1) is 15.4. The minimum absolute atomic E-state index is 0.0134. The van der Waals surface area contributed by atoms with Crippen LogP contribution < -0.4 is 0 Å². The number of non-ortho nitro benzene ring substituents is 1. The number of halogens is 2. The third-order valence-corrected chi connectivity index (χ3v) is 5.27. The third kappa shape index (κ3) is 4.75. The third-order valence-electron chi connectivity index (χ3n) is 5.27. The van der Waals surface area contributed by atoms with Crippen LogP contribution in [-0.2, 0) is 17.8 Å². The Morgan fingerprint density at radius 1 is 1.03 bits per heavy atom. The van der Waals surface area contributed by atoms with Crippen LogP contribution in [0, 0.1) is 21.7 Å². The molecule has 2 aromatic carbocycles. The second kappa shape index (κ2) is 9.14. The van der Waals surface area contributed by atoms with Crippen LogP contribution in [-0.4, -0.2) is 67.0 Å². The molecule has 0 radical (unpaired) electrons. The number of tetrazole rings is 1. The van der Waals surface area contributed by atoms with Gasteiger partial charge in [0.2, 0.25) is 5.91 Å². The zero-order chi connectivity index (χ0) is 22.7. The van der Waals surface area contributed by atoms with Gasteiger partial charge in [0, 0.05) is 44.4 Å². The zero-order valence-corrected chi connectivity index (χ0v) is 16.9. The van der Waals surface area contributed by atoms with Gasteiger partial charge in [-0.15, -0.1) is 5.10 Å². The fourth-order valence-corrected chi connectivity index (χ4v) is 3.50. The molecule has 166 valence electrons. The zero-order valence-electron chi connectivity index (χ0n) is 16.9. The molecule has 0 N–H and O–H groups in total. The molecule has 1 fully saturated rings. The average Bonchev–Trinajstić information content (AvgIpc) is 3.24. The highest BCUT2D eigenvalue weighted by atomic mass is 19.2. The molecule has 1 aromatic heterocycles. The van der Waals surface area contributed by atoms with Crippen LogP contribution in [0.3, 0.4) is 0 Å². The molecule has 1 saturated heterocycles. The molecule has 1 aliphatic rings. The number of carbonyl (C=O) groups excluding carboxylic acids is 1. The number of benzene rings is 2. The van der Waals surface area contributed by atoms with Gasteiger partial charge in [-0.1, -0.05) is 12.1 Å². The highest BCUT2D eigenvalue weighted by Crippen LogP contribution is 2.16. The van der Waals surface area contributed by atoms with E-state index in [-0.39, 0.29) is 18.0 Å². The first-order valence-corrected chi connectivity index (χ1v) is 9.87. The fourth-order valence-electron chi connectivity index (χ4n) is 3.50. The average molecular weight is 443 g/mol. The van der Waals surface area contributed by atoms with E-state index < -0.39 is 16.6 Å². The van der Waals surface area contributed by atoms with Crippen molar-refractivity contribution in [2.24, 2.45) is 0 Å². The van der Waals surface area contributed by atoms with Gasteiger partial charge in [-0.3, -0.25) is 19.8 Å². The Bertz CT molecular complexity index is 1130. The lowest BCUT2D eigenvalue weighted by Crippen LogP contribution is -2.48. The largest absolute Gasteiger partial charge is 0.340 e. The molecule has 0 bridgehead atoms. The van der Waals surface area contributed by atoms with E-state index in [1.165, 1.54) is 22.9 Å². The predicted octanol–water partition coefficient (Wildman–Crippen LogP) is 1.74. The van der Waals surface area contributed by atoms with Gasteiger partial charge in [-0.25, -0.2) is 8.78 Å². The minimum Gasteiger partial charge on any atom is -0.340 e. The minimum atomic E-state index is -0.982. The Balaban J connectivity index is 1.32. The number of hydrogen-bond acceptors (Lipinski definition) is 7. The Labute approximate surface area is 181 Å². The Hall–Kier alpha value is -3.80. The Kier molecular flexibility index (Phi) is 6.12. The van der Waals surface area contributed by atoms with Crippen LogP contribution in [0.1, 0.15) is 11.4 Å². The van der Waals surface area contributed by atoms with Crippen molar-refractivity contribution in [3.05, 3.63) is 75.6 Å². The number of rotatable bonds is 6. The summed E-state index contributed by atoms with van der Waals surface area (Å²) in [4.78, 5) is 26.7. The summed E-state index contributed by atoms with van der Waals surface area (Å²) < 4.78 is 28.1. The molecule has 3 aromatic rings. The quantitative estimate of drug-likeness (QED) is 0.422. The standard InChI is InChI=1S/C20H19F2N7O3/c21-17-6-5-16(12-18(17)22)28-19(23-24-25-28)13-26-7-9-27(10-8-26)20(30)11-14-1-3-15(4-2-14)29(31)32/h1-6,12H,7-11,13H2. The van der Waals surface area contributed by atoms with E-state index in [1.54, 1.807) is 17.0 Å². The fraction of sp³-hybridized carbons (Fsp3) is 0.300. The Morgan fingerprint density at radius 3 is 2.41 bits per heavy atom.